The Labute approximate surface area is 222 Å². The Morgan fingerprint density at radius 3 is 2.34 bits per heavy atom. The average molecular weight is 543 g/mol. The topological polar surface area (TPSA) is 56.2 Å². The highest BCUT2D eigenvalue weighted by Gasteiger charge is 2.16. The number of aldehydes is 1. The van der Waals surface area contributed by atoms with Crippen LogP contribution in [0.25, 0.3) is 0 Å². The summed E-state index contributed by atoms with van der Waals surface area (Å²) in [7, 11) is 11.9. The Bertz CT molecular complexity index is 895. The predicted molar refractivity (Wildman–Crippen MR) is 153 cm³/mol. The fourth-order valence-corrected chi connectivity index (χ4v) is 3.55. The highest BCUT2D eigenvalue weighted by atomic mass is 79.9. The highest BCUT2D eigenvalue weighted by Crippen LogP contribution is 2.25. The molecule has 0 saturated heterocycles. The Hall–Kier alpha value is -2.45. The van der Waals surface area contributed by atoms with E-state index in [-0.39, 0.29) is 11.8 Å². The molecule has 1 aliphatic heterocycles. The minimum absolute atomic E-state index is 0.0273. The normalized spacial score (nSPS) is 17.6. The molecule has 1 aromatic rings. The molecule has 190 valence electrons. The van der Waals surface area contributed by atoms with Gasteiger partial charge in [-0.15, -0.1) is 0 Å². The second-order valence-electron chi connectivity index (χ2n) is 7.91. The van der Waals surface area contributed by atoms with Crippen LogP contribution in [0.2, 0.25) is 6.82 Å². The standard InChI is InChI=1S/C24H31BrN4O2.C2H6.CH3B/c1-18-16-22(29(5)26-13-10-23(18)25)17-28(4)14-11-20(12-15-30)19-6-8-21(9-7-19)24(31)27(2)3;2*1-2/h6-10,13,15-16,20H,1,11-12,14,17H2,2-5H3;1-2H3;1H3/b22-16-,23-10+,26-13-;;. The third-order valence-corrected chi connectivity index (χ3v) is 6.00. The Morgan fingerprint density at radius 2 is 1.80 bits per heavy atom. The molecular weight excluding hydrogens is 503 g/mol. The minimum Gasteiger partial charge on any atom is -0.345 e. The van der Waals surface area contributed by atoms with Crippen molar-refractivity contribution in [3.63, 3.8) is 0 Å². The largest absolute Gasteiger partial charge is 0.345 e. The van der Waals surface area contributed by atoms with Gasteiger partial charge in [-0.05, 0) is 61.4 Å². The number of benzene rings is 1. The van der Waals surface area contributed by atoms with Crippen molar-refractivity contribution in [2.75, 3.05) is 41.3 Å². The van der Waals surface area contributed by atoms with E-state index in [0.29, 0.717) is 18.5 Å². The molecular formula is C27H40BBrN4O2. The third kappa shape index (κ3) is 11.2. The van der Waals surface area contributed by atoms with Gasteiger partial charge in [-0.3, -0.25) is 9.80 Å². The summed E-state index contributed by atoms with van der Waals surface area (Å²) in [6.07, 6.45) is 7.90. The molecule has 2 rings (SSSR count). The Kier molecular flexibility index (Phi) is 16.7. The zero-order valence-corrected chi connectivity index (χ0v) is 23.9. The molecule has 0 saturated carbocycles. The summed E-state index contributed by atoms with van der Waals surface area (Å²) in [5, 5.41) is 6.25. The van der Waals surface area contributed by atoms with E-state index in [1.54, 1.807) is 25.2 Å². The number of likely N-dealkylation sites (N-methyl/N-ethyl adjacent to an activating group) is 2. The molecule has 0 N–H and O–H groups in total. The van der Waals surface area contributed by atoms with Crippen molar-refractivity contribution in [3.8, 4) is 0 Å². The fraction of sp³-hybridized carbons (Fsp3) is 0.444. The summed E-state index contributed by atoms with van der Waals surface area (Å²) in [6, 6.07) is 7.59. The van der Waals surface area contributed by atoms with Crippen molar-refractivity contribution < 1.29 is 9.59 Å². The van der Waals surface area contributed by atoms with Crippen LogP contribution in [-0.2, 0) is 4.79 Å². The molecule has 1 unspecified atom stereocenters. The van der Waals surface area contributed by atoms with Crippen molar-refractivity contribution in [2.24, 2.45) is 5.10 Å². The van der Waals surface area contributed by atoms with Crippen molar-refractivity contribution in [1.82, 2.24) is 14.8 Å². The smallest absolute Gasteiger partial charge is 0.253 e. The van der Waals surface area contributed by atoms with Gasteiger partial charge in [-0.2, -0.15) is 5.10 Å². The molecule has 1 amide bonds. The number of allylic oxidation sites excluding steroid dienone is 4. The molecule has 6 nitrogen and oxygen atoms in total. The summed E-state index contributed by atoms with van der Waals surface area (Å²) in [6.45, 7) is 11.1. The summed E-state index contributed by atoms with van der Waals surface area (Å²) < 4.78 is 0.909. The van der Waals surface area contributed by atoms with E-state index >= 15 is 0 Å². The molecule has 2 radical (unpaired) electrons. The Balaban J connectivity index is 0.00000274. The third-order valence-electron chi connectivity index (χ3n) is 5.23. The maximum absolute atomic E-state index is 12.1. The number of hydrogen-bond donors (Lipinski definition) is 0. The minimum atomic E-state index is -0.0273. The first-order chi connectivity index (χ1) is 16.7. The molecule has 1 aliphatic rings. The number of hydrogen-bond acceptors (Lipinski definition) is 5. The van der Waals surface area contributed by atoms with E-state index in [1.165, 1.54) is 6.82 Å². The number of rotatable bonds is 9. The lowest BCUT2D eigenvalue weighted by Gasteiger charge is -2.26. The van der Waals surface area contributed by atoms with Crippen LogP contribution in [0.5, 0.6) is 0 Å². The van der Waals surface area contributed by atoms with Crippen LogP contribution in [0.4, 0.5) is 0 Å². The zero-order valence-electron chi connectivity index (χ0n) is 22.3. The lowest BCUT2D eigenvalue weighted by atomic mass is 9.92. The summed E-state index contributed by atoms with van der Waals surface area (Å²) in [5.41, 5.74) is 3.65. The van der Waals surface area contributed by atoms with Crippen LogP contribution in [0.1, 0.15) is 48.5 Å². The molecule has 0 aliphatic carbocycles. The van der Waals surface area contributed by atoms with Gasteiger partial charge in [0.05, 0.1) is 13.5 Å². The van der Waals surface area contributed by atoms with Gasteiger partial charge in [0.1, 0.15) is 6.29 Å². The van der Waals surface area contributed by atoms with E-state index in [2.05, 4.69) is 47.4 Å². The summed E-state index contributed by atoms with van der Waals surface area (Å²) in [4.78, 5) is 27.1. The van der Waals surface area contributed by atoms with Crippen LogP contribution in [0, 0.1) is 0 Å². The lowest BCUT2D eigenvalue weighted by Crippen LogP contribution is -2.28. The fourth-order valence-electron chi connectivity index (χ4n) is 3.32. The highest BCUT2D eigenvalue weighted by molar-refractivity contribution is 9.12. The number of carbonyl (C=O) groups excluding carboxylic acids is 2. The number of halogens is 1. The number of hydrazone groups is 1. The molecule has 35 heavy (non-hydrogen) atoms. The van der Waals surface area contributed by atoms with Crippen LogP contribution < -0.4 is 0 Å². The summed E-state index contributed by atoms with van der Waals surface area (Å²) >= 11 is 3.50. The first-order valence-corrected chi connectivity index (χ1v) is 12.6. The van der Waals surface area contributed by atoms with Crippen LogP contribution in [0.15, 0.2) is 63.9 Å². The molecule has 0 aromatic heterocycles. The van der Waals surface area contributed by atoms with Crippen LogP contribution in [-0.4, -0.2) is 82.3 Å². The van der Waals surface area contributed by atoms with Gasteiger partial charge in [0.2, 0.25) is 0 Å². The number of nitrogens with zero attached hydrogens (tertiary/aromatic N) is 4. The van der Waals surface area contributed by atoms with E-state index in [9.17, 15) is 9.59 Å². The average Bonchev–Trinajstić information content (AvgIpc) is 2.87. The predicted octanol–water partition coefficient (Wildman–Crippen LogP) is 5.26. The van der Waals surface area contributed by atoms with Gasteiger partial charge in [0, 0.05) is 50.4 Å². The molecule has 8 heteroatoms. The molecule has 0 bridgehead atoms. The van der Waals surface area contributed by atoms with Gasteiger partial charge in [0.25, 0.3) is 5.91 Å². The first kappa shape index (κ1) is 32.6. The van der Waals surface area contributed by atoms with Gasteiger partial charge in [0.15, 0.2) is 0 Å². The second-order valence-corrected chi connectivity index (χ2v) is 8.77. The quantitative estimate of drug-likeness (QED) is 0.315. The number of amides is 1. The first-order valence-electron chi connectivity index (χ1n) is 11.8. The maximum atomic E-state index is 12.1. The van der Waals surface area contributed by atoms with Crippen molar-refractivity contribution >= 4 is 42.2 Å². The SMILES string of the molecule is C=C1/C=C(/CN(C)CCC(CC=O)c2ccc(C(=O)N(C)C)cc2)N(C)/N=C\C=C/1Br.CC.[B]C. The van der Waals surface area contributed by atoms with Crippen molar-refractivity contribution in [2.45, 2.75) is 39.4 Å². The monoisotopic (exact) mass is 542 g/mol. The second kappa shape index (κ2) is 17.9. The molecule has 1 heterocycles. The molecule has 0 fully saturated rings. The van der Waals surface area contributed by atoms with Crippen molar-refractivity contribution in [1.29, 1.82) is 0 Å². The number of carbonyl (C=O) groups is 2. The van der Waals surface area contributed by atoms with E-state index in [4.69, 9.17) is 0 Å². The van der Waals surface area contributed by atoms with E-state index in [1.807, 2.05) is 62.3 Å². The van der Waals surface area contributed by atoms with Gasteiger partial charge in [-0.25, -0.2) is 0 Å². The van der Waals surface area contributed by atoms with Crippen LogP contribution in [0.3, 0.4) is 0 Å². The van der Waals surface area contributed by atoms with Crippen LogP contribution >= 0.6 is 15.9 Å². The molecule has 1 atom stereocenters. The summed E-state index contributed by atoms with van der Waals surface area (Å²) in [5.74, 6) is 0.0816. The van der Waals surface area contributed by atoms with E-state index < -0.39 is 0 Å². The molecule has 1 aromatic carbocycles. The van der Waals surface area contributed by atoms with Crippen molar-refractivity contribution in [3.05, 3.63) is 69.9 Å². The lowest BCUT2D eigenvalue weighted by molar-refractivity contribution is -0.108. The van der Waals surface area contributed by atoms with Gasteiger partial charge >= 0.3 is 0 Å². The van der Waals surface area contributed by atoms with E-state index in [0.717, 1.165) is 40.6 Å². The maximum Gasteiger partial charge on any atom is 0.253 e. The van der Waals surface area contributed by atoms with Gasteiger partial charge < -0.3 is 14.6 Å². The zero-order chi connectivity index (χ0) is 27.0. The molecule has 0 spiro atoms. The van der Waals surface area contributed by atoms with Gasteiger partial charge in [-0.1, -0.05) is 55.3 Å². The Morgan fingerprint density at radius 1 is 1.20 bits per heavy atom.